The van der Waals surface area contributed by atoms with Crippen LogP contribution < -0.4 is 5.46 Å². The third kappa shape index (κ3) is 2.98. The summed E-state index contributed by atoms with van der Waals surface area (Å²) < 4.78 is 12.8. The van der Waals surface area contributed by atoms with Crippen molar-refractivity contribution in [2.75, 3.05) is 0 Å². The van der Waals surface area contributed by atoms with E-state index in [1.54, 1.807) is 0 Å². The summed E-state index contributed by atoms with van der Waals surface area (Å²) in [5.41, 5.74) is 6.07. The van der Waals surface area contributed by atoms with Gasteiger partial charge < -0.3 is 9.31 Å². The number of benzene rings is 2. The van der Waals surface area contributed by atoms with Crippen molar-refractivity contribution in [1.29, 1.82) is 0 Å². The van der Waals surface area contributed by atoms with Gasteiger partial charge in [-0.2, -0.15) is 0 Å². The van der Waals surface area contributed by atoms with Gasteiger partial charge >= 0.3 is 7.12 Å². The van der Waals surface area contributed by atoms with Crippen LogP contribution in [0.15, 0.2) is 42.5 Å². The Morgan fingerprint density at radius 3 is 1.96 bits per heavy atom. The molecule has 2 nitrogen and oxygen atoms in total. The van der Waals surface area contributed by atoms with E-state index in [4.69, 9.17) is 9.31 Å². The van der Waals surface area contributed by atoms with E-state index in [0.29, 0.717) is 0 Å². The lowest BCUT2D eigenvalue weighted by Gasteiger charge is -2.32. The molecule has 26 heavy (non-hydrogen) atoms. The van der Waals surface area contributed by atoms with Gasteiger partial charge in [-0.15, -0.1) is 0 Å². The maximum atomic E-state index is 6.41. The molecule has 0 N–H and O–H groups in total. The Bertz CT molecular complexity index is 827. The molecule has 0 saturated carbocycles. The molecule has 0 bridgehead atoms. The Balaban J connectivity index is 1.84. The topological polar surface area (TPSA) is 18.5 Å². The van der Waals surface area contributed by atoms with Crippen molar-refractivity contribution in [2.24, 2.45) is 0 Å². The molecule has 0 spiro atoms. The molecule has 136 valence electrons. The Morgan fingerprint density at radius 1 is 0.846 bits per heavy atom. The van der Waals surface area contributed by atoms with Crippen LogP contribution in [-0.4, -0.2) is 26.4 Å². The molecule has 2 aliphatic rings. The van der Waals surface area contributed by atoms with Gasteiger partial charge in [0.15, 0.2) is 0 Å². The van der Waals surface area contributed by atoms with Gasteiger partial charge in [0, 0.05) is 0 Å². The minimum absolute atomic E-state index is 0.314. The first-order chi connectivity index (χ1) is 12.1. The quantitative estimate of drug-likeness (QED) is 0.729. The molecule has 2 aromatic rings. The molecule has 1 saturated heterocycles. The van der Waals surface area contributed by atoms with E-state index in [1.807, 2.05) is 0 Å². The van der Waals surface area contributed by atoms with Gasteiger partial charge in [0.25, 0.3) is 0 Å². The van der Waals surface area contributed by atoms with E-state index < -0.39 is 8.07 Å². The molecule has 2 heterocycles. The summed E-state index contributed by atoms with van der Waals surface area (Å²) in [5.74, 6) is 0. The lowest BCUT2D eigenvalue weighted by molar-refractivity contribution is 0.00578. The van der Waals surface area contributed by atoms with E-state index in [-0.39, 0.29) is 18.3 Å². The van der Waals surface area contributed by atoms with Crippen LogP contribution >= 0.6 is 0 Å². The van der Waals surface area contributed by atoms with Gasteiger partial charge in [-0.25, -0.2) is 0 Å². The molecular weight excluding hydrogens is 335 g/mol. The van der Waals surface area contributed by atoms with Crippen LogP contribution in [0.5, 0.6) is 0 Å². The highest BCUT2D eigenvalue weighted by molar-refractivity contribution is 6.77. The van der Waals surface area contributed by atoms with E-state index in [1.165, 1.54) is 39.8 Å². The van der Waals surface area contributed by atoms with Gasteiger partial charge in [-0.1, -0.05) is 55.6 Å². The lowest BCUT2D eigenvalue weighted by Crippen LogP contribution is -2.41. The summed E-state index contributed by atoms with van der Waals surface area (Å²) in [6.07, 6.45) is 0. The number of rotatable bonds is 2. The molecule has 0 radical (unpaired) electrons. The van der Waals surface area contributed by atoms with Crippen LogP contribution in [-0.2, 0) is 21.4 Å². The van der Waals surface area contributed by atoms with E-state index in [2.05, 4.69) is 83.3 Å². The van der Waals surface area contributed by atoms with Crippen LogP contribution in [0, 0.1) is 0 Å². The Kier molecular flexibility index (Phi) is 4.03. The molecule has 2 aromatic carbocycles. The van der Waals surface area contributed by atoms with Crippen molar-refractivity contribution in [3.8, 4) is 11.1 Å². The largest absolute Gasteiger partial charge is 0.495 e. The summed E-state index contributed by atoms with van der Waals surface area (Å²) in [7, 11) is -1.48. The fraction of sp³-hybridized carbons (Fsp3) is 0.455. The third-order valence-electron chi connectivity index (χ3n) is 6.30. The number of fused-ring (bicyclic) bond motifs is 1. The first kappa shape index (κ1) is 18.0. The minimum atomic E-state index is -1.17. The van der Waals surface area contributed by atoms with Gasteiger partial charge in [0.05, 0.1) is 19.3 Å². The minimum Gasteiger partial charge on any atom is -0.399 e. The van der Waals surface area contributed by atoms with E-state index in [9.17, 15) is 0 Å². The summed E-state index contributed by atoms with van der Waals surface area (Å²) >= 11 is 0. The van der Waals surface area contributed by atoms with Gasteiger partial charge in [-0.05, 0) is 67.5 Å². The summed E-state index contributed by atoms with van der Waals surface area (Å²) in [6, 6.07) is 18.0. The highest BCUT2D eigenvalue weighted by Crippen LogP contribution is 2.38. The van der Waals surface area contributed by atoms with Crippen LogP contribution in [0.2, 0.25) is 13.1 Å². The van der Waals surface area contributed by atoms with Gasteiger partial charge in [0.2, 0.25) is 0 Å². The maximum absolute atomic E-state index is 6.41. The number of hydrogen-bond acceptors (Lipinski definition) is 2. The molecule has 0 aliphatic carbocycles. The molecule has 4 heteroatoms. The highest BCUT2D eigenvalue weighted by Gasteiger charge is 2.52. The van der Waals surface area contributed by atoms with Gasteiger partial charge in [0.1, 0.15) is 0 Å². The second-order valence-electron chi connectivity index (χ2n) is 9.68. The average Bonchev–Trinajstić information content (AvgIpc) is 2.97. The Morgan fingerprint density at radius 2 is 1.38 bits per heavy atom. The van der Waals surface area contributed by atoms with Crippen LogP contribution in [0.25, 0.3) is 11.1 Å². The standard InChI is InChI=1S/C22H29BO2Si/c1-21(2)22(3,4)25-23(24-21)20-13-18-15-26(5,6)14-17(18)12-19(20)16-10-8-7-9-11-16/h7-13H,14-15H2,1-6H3. The molecular formula is C22H29BO2Si. The number of hydrogen-bond donors (Lipinski definition) is 0. The molecule has 0 amide bonds. The Hall–Kier alpha value is -1.36. The van der Waals surface area contributed by atoms with E-state index in [0.717, 1.165) is 0 Å². The van der Waals surface area contributed by atoms with Crippen molar-refractivity contribution < 1.29 is 9.31 Å². The first-order valence-electron chi connectivity index (χ1n) is 9.65. The molecule has 4 rings (SSSR count). The van der Waals surface area contributed by atoms with Crippen LogP contribution in [0.4, 0.5) is 0 Å². The van der Waals surface area contributed by atoms with Crippen molar-refractivity contribution in [2.45, 2.75) is 64.1 Å². The molecule has 0 aromatic heterocycles. The summed E-state index contributed by atoms with van der Waals surface area (Å²) in [4.78, 5) is 0. The zero-order valence-electron chi connectivity index (χ0n) is 16.8. The predicted octanol–water partition coefficient (Wildman–Crippen LogP) is 4.54. The fourth-order valence-electron chi connectivity index (χ4n) is 4.16. The second kappa shape index (κ2) is 5.82. The SMILES string of the molecule is CC1(C)OB(c2cc3c(cc2-c2ccccc2)C[Si](C)(C)C3)OC1(C)C. The van der Waals surface area contributed by atoms with Crippen molar-refractivity contribution in [1.82, 2.24) is 0 Å². The molecule has 0 unspecified atom stereocenters. The molecule has 1 fully saturated rings. The monoisotopic (exact) mass is 364 g/mol. The molecule has 2 aliphatic heterocycles. The zero-order valence-corrected chi connectivity index (χ0v) is 17.8. The van der Waals surface area contributed by atoms with Crippen molar-refractivity contribution >= 4 is 20.7 Å². The van der Waals surface area contributed by atoms with E-state index >= 15 is 0 Å². The van der Waals surface area contributed by atoms with Crippen LogP contribution in [0.3, 0.4) is 0 Å². The fourth-order valence-corrected chi connectivity index (χ4v) is 7.01. The lowest BCUT2D eigenvalue weighted by atomic mass is 9.73. The molecule has 0 atom stereocenters. The highest BCUT2D eigenvalue weighted by atomic mass is 28.3. The normalized spacial score (nSPS) is 22.5. The van der Waals surface area contributed by atoms with Gasteiger partial charge in [-0.3, -0.25) is 0 Å². The smallest absolute Gasteiger partial charge is 0.399 e. The van der Waals surface area contributed by atoms with Crippen LogP contribution in [0.1, 0.15) is 38.8 Å². The summed E-state index contributed by atoms with van der Waals surface area (Å²) in [5, 5.41) is 0. The summed E-state index contributed by atoms with van der Waals surface area (Å²) in [6.45, 7) is 13.5. The van der Waals surface area contributed by atoms with Crippen molar-refractivity contribution in [3.63, 3.8) is 0 Å². The predicted molar refractivity (Wildman–Crippen MR) is 112 cm³/mol. The Labute approximate surface area is 159 Å². The first-order valence-corrected chi connectivity index (χ1v) is 13.1. The average molecular weight is 364 g/mol. The third-order valence-corrected chi connectivity index (χ3v) is 8.98. The maximum Gasteiger partial charge on any atom is 0.495 e. The second-order valence-corrected chi connectivity index (χ2v) is 14.7. The van der Waals surface area contributed by atoms with Crippen molar-refractivity contribution in [3.05, 3.63) is 53.6 Å². The zero-order chi connectivity index (χ0) is 18.7.